The number of hydrogen-bond donors (Lipinski definition) is 2. The summed E-state index contributed by atoms with van der Waals surface area (Å²) in [6.07, 6.45) is -0.415. The second kappa shape index (κ2) is 7.03. The number of ether oxygens (including phenoxy) is 1. The Morgan fingerprint density at radius 2 is 2.08 bits per heavy atom. The maximum absolute atomic E-state index is 12.7. The summed E-state index contributed by atoms with van der Waals surface area (Å²) < 4.78 is 5.62. The number of amides is 2. The number of carbonyl (C=O) groups is 2. The first-order valence-corrected chi connectivity index (χ1v) is 8.14. The second-order valence-electron chi connectivity index (χ2n) is 5.65. The van der Waals surface area contributed by atoms with Crippen LogP contribution in [-0.4, -0.2) is 37.4 Å². The lowest BCUT2D eigenvalue weighted by Gasteiger charge is -2.36. The Morgan fingerprint density at radius 3 is 2.84 bits per heavy atom. The highest BCUT2D eigenvalue weighted by Gasteiger charge is 2.32. The highest BCUT2D eigenvalue weighted by atomic mass is 35.5. The number of benzene rings is 2. The Balaban J connectivity index is 1.93. The Morgan fingerprint density at radius 1 is 1.32 bits per heavy atom. The summed E-state index contributed by atoms with van der Waals surface area (Å²) in [6, 6.07) is 12.5. The molecule has 1 aliphatic heterocycles. The third-order valence-corrected chi connectivity index (χ3v) is 4.30. The van der Waals surface area contributed by atoms with E-state index in [-0.39, 0.29) is 18.4 Å². The van der Waals surface area contributed by atoms with Gasteiger partial charge >= 0.3 is 0 Å². The van der Waals surface area contributed by atoms with Gasteiger partial charge in [0.25, 0.3) is 11.8 Å². The summed E-state index contributed by atoms with van der Waals surface area (Å²) in [7, 11) is 3.26. The fourth-order valence-electron chi connectivity index (χ4n) is 2.71. The summed E-state index contributed by atoms with van der Waals surface area (Å²) in [5.41, 5.74) is 2.00. The molecule has 6 nitrogen and oxygen atoms in total. The molecule has 1 unspecified atom stereocenters. The minimum atomic E-state index is -0.415. The van der Waals surface area contributed by atoms with Gasteiger partial charge in [-0.15, -0.1) is 0 Å². The molecule has 0 aromatic heterocycles. The number of likely N-dealkylation sites (N-methyl/N-ethyl adjacent to an activating group) is 1. The van der Waals surface area contributed by atoms with E-state index in [1.807, 2.05) is 18.2 Å². The molecule has 0 spiro atoms. The van der Waals surface area contributed by atoms with Crippen molar-refractivity contribution in [3.8, 4) is 5.75 Å². The number of carbonyl (C=O) groups excluding carboxylic acids is 2. The zero-order valence-electron chi connectivity index (χ0n) is 13.9. The van der Waals surface area contributed by atoms with Crippen LogP contribution >= 0.6 is 11.6 Å². The van der Waals surface area contributed by atoms with Crippen molar-refractivity contribution in [3.05, 3.63) is 58.6 Å². The molecular weight excluding hydrogens is 342 g/mol. The fraction of sp³-hybridized carbons (Fsp3) is 0.222. The van der Waals surface area contributed by atoms with E-state index < -0.39 is 6.17 Å². The molecule has 1 atom stereocenters. The number of rotatable bonds is 4. The van der Waals surface area contributed by atoms with Crippen molar-refractivity contribution in [2.24, 2.45) is 0 Å². The van der Waals surface area contributed by atoms with Crippen molar-refractivity contribution in [1.29, 1.82) is 0 Å². The molecule has 7 heteroatoms. The van der Waals surface area contributed by atoms with Crippen LogP contribution < -0.4 is 15.4 Å². The lowest BCUT2D eigenvalue weighted by atomic mass is 10.0. The predicted molar refractivity (Wildman–Crippen MR) is 95.9 cm³/mol. The molecule has 2 N–H and O–H groups in total. The molecule has 2 aromatic carbocycles. The van der Waals surface area contributed by atoms with Crippen LogP contribution in [0.1, 0.15) is 22.1 Å². The Bertz CT molecular complexity index is 825. The number of anilines is 1. The minimum absolute atomic E-state index is 0.0932. The van der Waals surface area contributed by atoms with E-state index >= 15 is 0 Å². The number of halogens is 1. The van der Waals surface area contributed by atoms with Crippen LogP contribution in [0.25, 0.3) is 0 Å². The highest BCUT2D eigenvalue weighted by molar-refractivity contribution is 6.31. The Kier molecular flexibility index (Phi) is 4.81. The summed E-state index contributed by atoms with van der Waals surface area (Å²) in [6.45, 7) is -0.0932. The lowest BCUT2D eigenvalue weighted by Crippen LogP contribution is -2.40. The largest absolute Gasteiger partial charge is 0.483 e. The van der Waals surface area contributed by atoms with Crippen molar-refractivity contribution in [1.82, 2.24) is 10.2 Å². The summed E-state index contributed by atoms with van der Waals surface area (Å²) >= 11 is 6.00. The number of nitrogens with zero attached hydrogens (tertiary/aromatic N) is 1. The van der Waals surface area contributed by atoms with E-state index in [0.29, 0.717) is 22.0 Å². The molecular formula is C18H18ClN3O3. The standard InChI is InChI=1S/C18H18ClN3O3/c1-20-16(23)10-25-15-6-4-3-5-12(15)17-21-14-8-7-11(19)9-13(14)18(24)22(17)2/h3-9,17,21H,10H2,1-2H3,(H,20,23). The van der Waals surface area contributed by atoms with Gasteiger partial charge in [-0.05, 0) is 24.3 Å². The van der Waals surface area contributed by atoms with Crippen LogP contribution in [0, 0.1) is 0 Å². The number of nitrogens with one attached hydrogen (secondary N) is 2. The first kappa shape index (κ1) is 17.1. The van der Waals surface area contributed by atoms with Gasteiger partial charge in [-0.1, -0.05) is 29.8 Å². The molecule has 1 heterocycles. The zero-order chi connectivity index (χ0) is 18.0. The zero-order valence-corrected chi connectivity index (χ0v) is 14.6. The van der Waals surface area contributed by atoms with Gasteiger partial charge in [0.05, 0.1) is 5.56 Å². The maximum Gasteiger partial charge on any atom is 0.257 e. The maximum atomic E-state index is 12.7. The lowest BCUT2D eigenvalue weighted by molar-refractivity contribution is -0.122. The molecule has 0 radical (unpaired) electrons. The van der Waals surface area contributed by atoms with Gasteiger partial charge in [-0.2, -0.15) is 0 Å². The van der Waals surface area contributed by atoms with E-state index in [9.17, 15) is 9.59 Å². The van der Waals surface area contributed by atoms with Crippen molar-refractivity contribution in [3.63, 3.8) is 0 Å². The number of para-hydroxylation sites is 1. The highest BCUT2D eigenvalue weighted by Crippen LogP contribution is 2.36. The van der Waals surface area contributed by atoms with Crippen molar-refractivity contribution in [2.45, 2.75) is 6.17 Å². The first-order chi connectivity index (χ1) is 12.0. The molecule has 2 aromatic rings. The number of fused-ring (bicyclic) bond motifs is 1. The molecule has 0 saturated heterocycles. The predicted octanol–water partition coefficient (Wildman–Crippen LogP) is 2.66. The monoisotopic (exact) mass is 359 g/mol. The topological polar surface area (TPSA) is 70.7 Å². The first-order valence-electron chi connectivity index (χ1n) is 7.77. The molecule has 0 bridgehead atoms. The van der Waals surface area contributed by atoms with Gasteiger partial charge in [-0.3, -0.25) is 9.59 Å². The third-order valence-electron chi connectivity index (χ3n) is 4.06. The van der Waals surface area contributed by atoms with E-state index in [1.54, 1.807) is 43.3 Å². The summed E-state index contributed by atoms with van der Waals surface area (Å²) in [4.78, 5) is 25.7. The van der Waals surface area contributed by atoms with Crippen LogP contribution in [0.15, 0.2) is 42.5 Å². The molecule has 3 rings (SSSR count). The average molecular weight is 360 g/mol. The van der Waals surface area contributed by atoms with Crippen molar-refractivity contribution >= 4 is 29.1 Å². The quantitative estimate of drug-likeness (QED) is 0.880. The molecule has 0 aliphatic carbocycles. The minimum Gasteiger partial charge on any atom is -0.483 e. The fourth-order valence-corrected chi connectivity index (χ4v) is 2.88. The molecule has 1 aliphatic rings. The van der Waals surface area contributed by atoms with Crippen LogP contribution in [0.5, 0.6) is 5.75 Å². The second-order valence-corrected chi connectivity index (χ2v) is 6.09. The molecule has 0 saturated carbocycles. The number of hydrogen-bond acceptors (Lipinski definition) is 4. The Labute approximate surface area is 150 Å². The Hall–Kier alpha value is -2.73. The van der Waals surface area contributed by atoms with E-state index in [4.69, 9.17) is 16.3 Å². The van der Waals surface area contributed by atoms with Crippen molar-refractivity contribution < 1.29 is 14.3 Å². The van der Waals surface area contributed by atoms with Crippen molar-refractivity contribution in [2.75, 3.05) is 26.0 Å². The van der Waals surface area contributed by atoms with E-state index in [0.717, 1.165) is 5.56 Å². The molecule has 2 amide bonds. The third kappa shape index (κ3) is 3.39. The van der Waals surface area contributed by atoms with E-state index in [1.165, 1.54) is 0 Å². The van der Waals surface area contributed by atoms with Gasteiger partial charge in [-0.25, -0.2) is 0 Å². The average Bonchev–Trinajstić information content (AvgIpc) is 2.63. The summed E-state index contributed by atoms with van der Waals surface area (Å²) in [5.74, 6) is 0.179. The van der Waals surface area contributed by atoms with Crippen LogP contribution in [0.4, 0.5) is 5.69 Å². The molecule has 0 fully saturated rings. The smallest absolute Gasteiger partial charge is 0.257 e. The van der Waals surface area contributed by atoms with Gasteiger partial charge in [0.2, 0.25) is 0 Å². The molecule has 130 valence electrons. The van der Waals surface area contributed by atoms with Crippen LogP contribution in [-0.2, 0) is 4.79 Å². The van der Waals surface area contributed by atoms with Gasteiger partial charge in [0, 0.05) is 30.4 Å². The van der Waals surface area contributed by atoms with Gasteiger partial charge < -0.3 is 20.3 Å². The SMILES string of the molecule is CNC(=O)COc1ccccc1C1Nc2ccc(Cl)cc2C(=O)N1C. The van der Waals surface area contributed by atoms with Crippen LogP contribution in [0.3, 0.4) is 0 Å². The van der Waals surface area contributed by atoms with Gasteiger partial charge in [0.1, 0.15) is 11.9 Å². The van der Waals surface area contributed by atoms with Gasteiger partial charge in [0.15, 0.2) is 6.61 Å². The normalized spacial score (nSPS) is 16.0. The molecule has 25 heavy (non-hydrogen) atoms. The summed E-state index contributed by atoms with van der Waals surface area (Å²) in [5, 5.41) is 6.35. The van der Waals surface area contributed by atoms with Crippen LogP contribution in [0.2, 0.25) is 5.02 Å². The van der Waals surface area contributed by atoms with E-state index in [2.05, 4.69) is 10.6 Å².